The molecule has 0 unspecified atom stereocenters. The molecule has 0 bridgehead atoms. The number of nitrogens with zero attached hydrogens (tertiary/aromatic N) is 7. The highest BCUT2D eigenvalue weighted by Crippen LogP contribution is 2.39. The van der Waals surface area contributed by atoms with Crippen LogP contribution in [-0.4, -0.2) is 65.5 Å². The Morgan fingerprint density at radius 3 is 2.47 bits per heavy atom. The summed E-state index contributed by atoms with van der Waals surface area (Å²) in [5.41, 5.74) is 7.17. The van der Waals surface area contributed by atoms with Crippen molar-refractivity contribution >= 4 is 23.2 Å². The van der Waals surface area contributed by atoms with Crippen molar-refractivity contribution in [1.82, 2.24) is 19.3 Å². The lowest BCUT2D eigenvalue weighted by atomic mass is 9.94. The van der Waals surface area contributed by atoms with Gasteiger partial charge in [0.1, 0.15) is 5.65 Å². The molecule has 1 saturated heterocycles. The predicted octanol–water partition coefficient (Wildman–Crippen LogP) is 4.37. The van der Waals surface area contributed by atoms with Crippen molar-refractivity contribution < 1.29 is 4.79 Å². The zero-order valence-corrected chi connectivity index (χ0v) is 22.1. The number of hydrogen-bond acceptors (Lipinski definition) is 6. The lowest BCUT2D eigenvalue weighted by Crippen LogP contribution is -2.43. The van der Waals surface area contributed by atoms with Crippen molar-refractivity contribution in [3.8, 4) is 28.5 Å². The molecule has 1 fully saturated rings. The van der Waals surface area contributed by atoms with E-state index in [0.29, 0.717) is 18.0 Å². The van der Waals surface area contributed by atoms with E-state index in [1.54, 1.807) is 4.90 Å². The number of carbonyl (C=O) groups excluding carboxylic acids is 1. The van der Waals surface area contributed by atoms with E-state index in [1.165, 1.54) is 5.56 Å². The lowest BCUT2D eigenvalue weighted by molar-refractivity contribution is -0.118. The first kappa shape index (κ1) is 24.1. The minimum Gasteiger partial charge on any atom is -0.342 e. The number of benzene rings is 2. The average Bonchev–Trinajstić information content (AvgIpc) is 3.44. The predicted molar refractivity (Wildman–Crippen MR) is 149 cm³/mol. The summed E-state index contributed by atoms with van der Waals surface area (Å²) in [6.07, 6.45) is 7.24. The van der Waals surface area contributed by atoms with Gasteiger partial charge in [0.25, 0.3) is 0 Å². The van der Waals surface area contributed by atoms with E-state index in [2.05, 4.69) is 52.6 Å². The number of aryl methyl sites for hydroxylation is 1. The average molecular weight is 506 g/mol. The van der Waals surface area contributed by atoms with Crippen LogP contribution in [0.2, 0.25) is 0 Å². The van der Waals surface area contributed by atoms with Crippen LogP contribution < -0.4 is 9.80 Å². The normalized spacial score (nSPS) is 16.2. The number of imidazole rings is 1. The van der Waals surface area contributed by atoms with Gasteiger partial charge in [-0.3, -0.25) is 9.20 Å². The second-order valence-corrected chi connectivity index (χ2v) is 10.4. The monoisotopic (exact) mass is 505 g/mol. The first-order chi connectivity index (χ1) is 18.4. The number of fused-ring (bicyclic) bond motifs is 2. The van der Waals surface area contributed by atoms with Gasteiger partial charge in [0.2, 0.25) is 11.9 Å². The third-order valence-electron chi connectivity index (χ3n) is 8.01. The van der Waals surface area contributed by atoms with Gasteiger partial charge >= 0.3 is 0 Å². The van der Waals surface area contributed by atoms with E-state index in [4.69, 9.17) is 9.97 Å². The molecule has 192 valence electrons. The van der Waals surface area contributed by atoms with Crippen molar-refractivity contribution in [2.45, 2.75) is 31.7 Å². The first-order valence-corrected chi connectivity index (χ1v) is 13.1. The standard InChI is InChI=1S/C30H31N7O/c1-34(2)24-12-15-36(16-13-24)30-33-28(22-6-4-20(19-31)5-7-22)27(29-32-14-17-37(29)30)23-9-8-21-10-11-26(38)35(3)25(21)18-23/h4-9,14,17-18,24H,10-13,15-16H2,1-3H3. The van der Waals surface area contributed by atoms with E-state index in [-0.39, 0.29) is 5.91 Å². The van der Waals surface area contributed by atoms with Crippen molar-refractivity contribution in [3.63, 3.8) is 0 Å². The largest absolute Gasteiger partial charge is 0.342 e. The van der Waals surface area contributed by atoms with Gasteiger partial charge in [-0.05, 0) is 62.7 Å². The highest BCUT2D eigenvalue weighted by atomic mass is 16.2. The van der Waals surface area contributed by atoms with Gasteiger partial charge in [0.15, 0.2) is 0 Å². The Labute approximate surface area is 222 Å². The molecular formula is C30H31N7O. The van der Waals surface area contributed by atoms with Crippen LogP contribution in [0.15, 0.2) is 54.9 Å². The maximum absolute atomic E-state index is 12.5. The number of hydrogen-bond donors (Lipinski definition) is 0. The molecule has 0 saturated carbocycles. The van der Waals surface area contributed by atoms with E-state index in [1.807, 2.05) is 43.7 Å². The summed E-state index contributed by atoms with van der Waals surface area (Å²) >= 11 is 0. The third kappa shape index (κ3) is 4.09. The number of piperidine rings is 1. The van der Waals surface area contributed by atoms with Gasteiger partial charge in [0, 0.05) is 56.2 Å². The quantitative estimate of drug-likeness (QED) is 0.410. The molecule has 0 spiro atoms. The summed E-state index contributed by atoms with van der Waals surface area (Å²) in [6.45, 7) is 1.84. The summed E-state index contributed by atoms with van der Waals surface area (Å²) in [7, 11) is 6.14. The van der Waals surface area contributed by atoms with Gasteiger partial charge in [-0.1, -0.05) is 24.3 Å². The molecule has 6 rings (SSSR count). The maximum Gasteiger partial charge on any atom is 0.227 e. The Bertz CT molecular complexity index is 1560. The van der Waals surface area contributed by atoms with E-state index < -0.39 is 0 Å². The fourth-order valence-electron chi connectivity index (χ4n) is 5.73. The van der Waals surface area contributed by atoms with Crippen LogP contribution in [-0.2, 0) is 11.2 Å². The SMILES string of the molecule is CN1C(=O)CCc2ccc(-c3c(-c4ccc(C#N)cc4)nc(N4CCC(N(C)C)CC4)n4ccnc34)cc21. The Hall–Kier alpha value is -4.22. The Kier molecular flexibility index (Phi) is 6.09. The second-order valence-electron chi connectivity index (χ2n) is 10.4. The molecule has 4 aromatic rings. The molecule has 2 aromatic heterocycles. The summed E-state index contributed by atoms with van der Waals surface area (Å²) in [6, 6.07) is 16.7. The number of anilines is 2. The fraction of sp³-hybridized carbons (Fsp3) is 0.333. The van der Waals surface area contributed by atoms with Crippen molar-refractivity contribution in [2.75, 3.05) is 44.0 Å². The van der Waals surface area contributed by atoms with Gasteiger partial charge in [0.05, 0.1) is 22.9 Å². The molecule has 8 nitrogen and oxygen atoms in total. The van der Waals surface area contributed by atoms with E-state index >= 15 is 0 Å². The smallest absolute Gasteiger partial charge is 0.227 e. The molecule has 38 heavy (non-hydrogen) atoms. The molecular weight excluding hydrogens is 474 g/mol. The Morgan fingerprint density at radius 2 is 1.76 bits per heavy atom. The van der Waals surface area contributed by atoms with Crippen molar-refractivity contribution in [2.24, 2.45) is 0 Å². The van der Waals surface area contributed by atoms with Crippen LogP contribution in [0.1, 0.15) is 30.4 Å². The summed E-state index contributed by atoms with van der Waals surface area (Å²) in [4.78, 5) is 29.0. The highest BCUT2D eigenvalue weighted by molar-refractivity contribution is 5.98. The van der Waals surface area contributed by atoms with Crippen LogP contribution in [0.4, 0.5) is 11.6 Å². The lowest BCUT2D eigenvalue weighted by Gasteiger charge is -2.36. The summed E-state index contributed by atoms with van der Waals surface area (Å²) in [5, 5.41) is 9.36. The topological polar surface area (TPSA) is 80.8 Å². The fourth-order valence-corrected chi connectivity index (χ4v) is 5.73. The molecule has 0 radical (unpaired) electrons. The minimum absolute atomic E-state index is 0.127. The molecule has 4 heterocycles. The maximum atomic E-state index is 12.5. The van der Waals surface area contributed by atoms with Gasteiger partial charge < -0.3 is 14.7 Å². The molecule has 2 aromatic carbocycles. The molecule has 8 heteroatoms. The second kappa shape index (κ2) is 9.58. The Morgan fingerprint density at radius 1 is 1.03 bits per heavy atom. The van der Waals surface area contributed by atoms with Crippen LogP contribution >= 0.6 is 0 Å². The Balaban J connectivity index is 1.54. The minimum atomic E-state index is 0.127. The molecule has 0 N–H and O–H groups in total. The number of carbonyl (C=O) groups is 1. The molecule has 1 amide bonds. The van der Waals surface area contributed by atoms with Crippen molar-refractivity contribution in [3.05, 3.63) is 66.0 Å². The van der Waals surface area contributed by atoms with Crippen LogP contribution in [0.25, 0.3) is 28.0 Å². The molecule has 0 aliphatic carbocycles. The molecule has 0 atom stereocenters. The third-order valence-corrected chi connectivity index (χ3v) is 8.01. The molecule has 2 aliphatic rings. The van der Waals surface area contributed by atoms with Gasteiger partial charge in [-0.2, -0.15) is 5.26 Å². The van der Waals surface area contributed by atoms with Crippen LogP contribution in [0, 0.1) is 11.3 Å². The highest BCUT2D eigenvalue weighted by Gasteiger charge is 2.27. The van der Waals surface area contributed by atoms with Crippen LogP contribution in [0.5, 0.6) is 0 Å². The van der Waals surface area contributed by atoms with E-state index in [9.17, 15) is 10.1 Å². The molecule has 2 aliphatic heterocycles. The first-order valence-electron chi connectivity index (χ1n) is 13.1. The number of rotatable bonds is 4. The van der Waals surface area contributed by atoms with Gasteiger partial charge in [-0.25, -0.2) is 9.97 Å². The summed E-state index contributed by atoms with van der Waals surface area (Å²) in [5.74, 6) is 1.01. The van der Waals surface area contributed by atoms with Crippen molar-refractivity contribution in [1.29, 1.82) is 5.26 Å². The van der Waals surface area contributed by atoms with Crippen LogP contribution in [0.3, 0.4) is 0 Å². The number of aromatic nitrogens is 3. The summed E-state index contributed by atoms with van der Waals surface area (Å²) < 4.78 is 2.09. The zero-order valence-electron chi connectivity index (χ0n) is 22.1. The van der Waals surface area contributed by atoms with E-state index in [0.717, 1.165) is 72.0 Å². The van der Waals surface area contributed by atoms with Gasteiger partial charge in [-0.15, -0.1) is 0 Å². The number of amides is 1. The number of nitriles is 1. The zero-order chi connectivity index (χ0) is 26.4.